The molecule has 1 saturated heterocycles. The lowest BCUT2D eigenvalue weighted by molar-refractivity contribution is 0.190. The molecule has 1 aliphatic heterocycles. The molecule has 0 radical (unpaired) electrons. The molecule has 0 unspecified atom stereocenters. The number of likely N-dealkylation sites (tertiary alicyclic amines) is 1. The second-order valence-electron chi connectivity index (χ2n) is 5.85. The normalized spacial score (nSPS) is 19.4. The fourth-order valence-corrected chi connectivity index (χ4v) is 3.95. The van der Waals surface area contributed by atoms with E-state index in [2.05, 4.69) is 27.9 Å². The zero-order valence-electron chi connectivity index (χ0n) is 13.2. The minimum Gasteiger partial charge on any atom is -0.331 e. The minimum absolute atomic E-state index is 0.0200. The molecule has 2 atom stereocenters. The molecule has 0 aliphatic carbocycles. The van der Waals surface area contributed by atoms with Crippen molar-refractivity contribution in [2.24, 2.45) is 7.05 Å². The Morgan fingerprint density at radius 2 is 2.36 bits per heavy atom. The van der Waals surface area contributed by atoms with Gasteiger partial charge in [0.15, 0.2) is 0 Å². The maximum absolute atomic E-state index is 12.6. The Balaban J connectivity index is 1.70. The molecular formula is C16H22N4OS. The van der Waals surface area contributed by atoms with Gasteiger partial charge in [-0.15, -0.1) is 11.3 Å². The number of amides is 2. The maximum Gasteiger partial charge on any atom is 0.318 e. The van der Waals surface area contributed by atoms with Crippen LogP contribution in [0.3, 0.4) is 0 Å². The Kier molecular flexibility index (Phi) is 4.20. The van der Waals surface area contributed by atoms with Crippen LogP contribution >= 0.6 is 11.3 Å². The van der Waals surface area contributed by atoms with Gasteiger partial charge in [0, 0.05) is 29.7 Å². The van der Waals surface area contributed by atoms with Gasteiger partial charge < -0.3 is 10.2 Å². The molecule has 0 bridgehead atoms. The van der Waals surface area contributed by atoms with Crippen LogP contribution in [-0.2, 0) is 7.05 Å². The van der Waals surface area contributed by atoms with Crippen molar-refractivity contribution in [3.05, 3.63) is 39.8 Å². The molecule has 0 spiro atoms. The molecule has 2 amide bonds. The van der Waals surface area contributed by atoms with Crippen molar-refractivity contribution >= 4 is 17.4 Å². The highest BCUT2D eigenvalue weighted by atomic mass is 32.1. The average Bonchev–Trinajstić information content (AvgIpc) is 3.20. The first-order valence-electron chi connectivity index (χ1n) is 7.67. The lowest BCUT2D eigenvalue weighted by Crippen LogP contribution is -2.40. The molecule has 1 fully saturated rings. The van der Waals surface area contributed by atoms with Gasteiger partial charge in [-0.25, -0.2) is 4.79 Å². The number of hydrogen-bond donors (Lipinski definition) is 1. The summed E-state index contributed by atoms with van der Waals surface area (Å²) in [6, 6.07) is 4.38. The number of thiophene rings is 1. The van der Waals surface area contributed by atoms with E-state index in [1.54, 1.807) is 11.3 Å². The molecular weight excluding hydrogens is 296 g/mol. The molecule has 0 saturated carbocycles. The summed E-state index contributed by atoms with van der Waals surface area (Å²) in [6.45, 7) is 4.86. The molecule has 5 nitrogen and oxygen atoms in total. The number of aromatic nitrogens is 2. The van der Waals surface area contributed by atoms with Crippen molar-refractivity contribution in [1.82, 2.24) is 20.0 Å². The van der Waals surface area contributed by atoms with Crippen molar-refractivity contribution < 1.29 is 4.79 Å². The van der Waals surface area contributed by atoms with Gasteiger partial charge in [0.25, 0.3) is 0 Å². The fourth-order valence-electron chi connectivity index (χ4n) is 3.07. The first-order valence-corrected chi connectivity index (χ1v) is 8.55. The standard InChI is InChI=1S/C16H22N4OS/c1-11(13-10-17-19(3)12(13)2)18-16(21)20-8-4-6-14(20)15-7-5-9-22-15/h5,7,9-11,14H,4,6,8H2,1-3H3,(H,18,21)/t11-,14+/m1/s1. The minimum atomic E-state index is -0.0363. The summed E-state index contributed by atoms with van der Waals surface area (Å²) in [7, 11) is 1.92. The highest BCUT2D eigenvalue weighted by Gasteiger charge is 2.31. The number of urea groups is 1. The third-order valence-electron chi connectivity index (χ3n) is 4.46. The molecule has 3 heterocycles. The third kappa shape index (κ3) is 2.75. The number of nitrogens with zero attached hydrogens (tertiary/aromatic N) is 3. The Morgan fingerprint density at radius 1 is 1.55 bits per heavy atom. The van der Waals surface area contributed by atoms with Crippen LogP contribution in [0, 0.1) is 6.92 Å². The molecule has 2 aromatic rings. The van der Waals surface area contributed by atoms with E-state index in [9.17, 15) is 4.79 Å². The lowest BCUT2D eigenvalue weighted by atomic mass is 10.1. The molecule has 6 heteroatoms. The summed E-state index contributed by atoms with van der Waals surface area (Å²) in [5.74, 6) is 0. The Bertz CT molecular complexity index is 649. The van der Waals surface area contributed by atoms with Crippen LogP contribution in [0.2, 0.25) is 0 Å². The number of hydrogen-bond acceptors (Lipinski definition) is 3. The van der Waals surface area contributed by atoms with E-state index in [0.29, 0.717) is 0 Å². The van der Waals surface area contributed by atoms with Crippen molar-refractivity contribution in [2.75, 3.05) is 6.54 Å². The first-order chi connectivity index (χ1) is 10.6. The van der Waals surface area contributed by atoms with E-state index in [-0.39, 0.29) is 18.1 Å². The van der Waals surface area contributed by atoms with E-state index < -0.39 is 0 Å². The van der Waals surface area contributed by atoms with Crippen LogP contribution in [0.5, 0.6) is 0 Å². The largest absolute Gasteiger partial charge is 0.331 e. The van der Waals surface area contributed by atoms with E-state index in [1.807, 2.05) is 36.7 Å². The number of carbonyl (C=O) groups is 1. The number of nitrogens with one attached hydrogen (secondary N) is 1. The topological polar surface area (TPSA) is 50.2 Å². The Morgan fingerprint density at radius 3 is 3.00 bits per heavy atom. The third-order valence-corrected chi connectivity index (χ3v) is 5.44. The van der Waals surface area contributed by atoms with Crippen LogP contribution in [0.25, 0.3) is 0 Å². The Hall–Kier alpha value is -1.82. The van der Waals surface area contributed by atoms with Gasteiger partial charge in [0.2, 0.25) is 0 Å². The van der Waals surface area contributed by atoms with E-state index >= 15 is 0 Å². The second-order valence-corrected chi connectivity index (χ2v) is 6.83. The zero-order valence-corrected chi connectivity index (χ0v) is 14.1. The van der Waals surface area contributed by atoms with E-state index in [1.165, 1.54) is 4.88 Å². The van der Waals surface area contributed by atoms with Gasteiger partial charge in [-0.05, 0) is 38.1 Å². The quantitative estimate of drug-likeness (QED) is 0.943. The SMILES string of the molecule is Cc1c([C@@H](C)NC(=O)N2CCC[C@H]2c2cccs2)cnn1C. The highest BCUT2D eigenvalue weighted by molar-refractivity contribution is 7.10. The van der Waals surface area contributed by atoms with Crippen LogP contribution < -0.4 is 5.32 Å². The lowest BCUT2D eigenvalue weighted by Gasteiger charge is -2.26. The van der Waals surface area contributed by atoms with Gasteiger partial charge in [-0.2, -0.15) is 5.10 Å². The second kappa shape index (κ2) is 6.12. The predicted octanol–water partition coefficient (Wildman–Crippen LogP) is 3.40. The summed E-state index contributed by atoms with van der Waals surface area (Å²) in [4.78, 5) is 15.9. The van der Waals surface area contributed by atoms with Gasteiger partial charge in [-0.3, -0.25) is 4.68 Å². The van der Waals surface area contributed by atoms with Crippen molar-refractivity contribution in [2.45, 2.75) is 38.8 Å². The van der Waals surface area contributed by atoms with Crippen molar-refractivity contribution in [3.8, 4) is 0 Å². The molecule has 0 aromatic carbocycles. The van der Waals surface area contributed by atoms with Gasteiger partial charge >= 0.3 is 6.03 Å². The van der Waals surface area contributed by atoms with E-state index in [0.717, 1.165) is 30.6 Å². The van der Waals surface area contributed by atoms with Gasteiger partial charge in [-0.1, -0.05) is 6.07 Å². The summed E-state index contributed by atoms with van der Waals surface area (Å²) < 4.78 is 1.84. The molecule has 118 valence electrons. The Labute approximate surface area is 134 Å². The predicted molar refractivity (Wildman–Crippen MR) is 87.9 cm³/mol. The van der Waals surface area contributed by atoms with Crippen LogP contribution in [0.1, 0.15) is 48.0 Å². The summed E-state index contributed by atoms with van der Waals surface area (Å²) in [5, 5.41) is 9.45. The molecule has 2 aromatic heterocycles. The van der Waals surface area contributed by atoms with Crippen molar-refractivity contribution in [3.63, 3.8) is 0 Å². The summed E-state index contributed by atoms with van der Waals surface area (Å²) in [6.07, 6.45) is 3.95. The van der Waals surface area contributed by atoms with Crippen molar-refractivity contribution in [1.29, 1.82) is 0 Å². The average molecular weight is 318 g/mol. The van der Waals surface area contributed by atoms with Gasteiger partial charge in [0.05, 0.1) is 18.3 Å². The van der Waals surface area contributed by atoms with Crippen LogP contribution in [0.15, 0.2) is 23.7 Å². The maximum atomic E-state index is 12.6. The van der Waals surface area contributed by atoms with E-state index in [4.69, 9.17) is 0 Å². The number of rotatable bonds is 3. The molecule has 1 aliphatic rings. The summed E-state index contributed by atoms with van der Waals surface area (Å²) in [5.41, 5.74) is 2.16. The van der Waals surface area contributed by atoms with Crippen LogP contribution in [-0.4, -0.2) is 27.3 Å². The molecule has 22 heavy (non-hydrogen) atoms. The molecule has 1 N–H and O–H groups in total. The fraction of sp³-hybridized carbons (Fsp3) is 0.500. The van der Waals surface area contributed by atoms with Crippen LogP contribution in [0.4, 0.5) is 4.79 Å². The highest BCUT2D eigenvalue weighted by Crippen LogP contribution is 2.34. The number of carbonyl (C=O) groups excluding carboxylic acids is 1. The zero-order chi connectivity index (χ0) is 15.7. The number of aryl methyl sites for hydroxylation is 1. The van der Waals surface area contributed by atoms with Gasteiger partial charge in [0.1, 0.15) is 0 Å². The molecule has 3 rings (SSSR count). The smallest absolute Gasteiger partial charge is 0.318 e. The summed E-state index contributed by atoms with van der Waals surface area (Å²) >= 11 is 1.73. The first kappa shape index (κ1) is 15.1. The monoisotopic (exact) mass is 318 g/mol.